The van der Waals surface area contributed by atoms with E-state index in [-0.39, 0.29) is 12.2 Å². The third-order valence-electron chi connectivity index (χ3n) is 8.57. The molecule has 0 heterocycles. The Bertz CT molecular complexity index is 1380. The molecule has 268 valence electrons. The molecule has 2 rings (SSSR count). The summed E-state index contributed by atoms with van der Waals surface area (Å²) in [5.41, 5.74) is -0.640. The number of amides is 1. The molecule has 0 bridgehead atoms. The molecule has 49 heavy (non-hydrogen) atoms. The van der Waals surface area contributed by atoms with Crippen LogP contribution in [0.15, 0.2) is 66.7 Å². The molecule has 3 atom stereocenters. The number of hydrogen-bond donors (Lipinski definition) is 5. The van der Waals surface area contributed by atoms with Crippen LogP contribution in [0, 0.1) is 5.92 Å². The quantitative estimate of drug-likeness (QED) is 0.0590. The van der Waals surface area contributed by atoms with Crippen LogP contribution in [0.25, 0.3) is 0 Å². The van der Waals surface area contributed by atoms with Gasteiger partial charge >= 0.3 is 17.9 Å². The number of carbonyl (C=O) groups excluding carboxylic acids is 2. The van der Waals surface area contributed by atoms with Gasteiger partial charge in [0.1, 0.15) is 11.8 Å². The van der Waals surface area contributed by atoms with Gasteiger partial charge in [0.05, 0.1) is 12.3 Å². The van der Waals surface area contributed by atoms with Crippen LogP contribution in [0.3, 0.4) is 0 Å². The van der Waals surface area contributed by atoms with Crippen molar-refractivity contribution in [2.75, 3.05) is 11.9 Å². The molecule has 2 aromatic rings. The van der Waals surface area contributed by atoms with Crippen LogP contribution < -0.4 is 10.2 Å². The number of aliphatic carboxylic acids is 3. The van der Waals surface area contributed by atoms with Crippen LogP contribution in [0.5, 0.6) is 0 Å². The number of nitrogens with one attached hydrogen (secondary N) is 1. The molecule has 0 unspecified atom stereocenters. The highest BCUT2D eigenvalue weighted by atomic mass is 16.4. The van der Waals surface area contributed by atoms with Crippen molar-refractivity contribution in [3.05, 3.63) is 72.3 Å². The lowest BCUT2D eigenvalue weighted by atomic mass is 9.82. The van der Waals surface area contributed by atoms with Gasteiger partial charge < -0.3 is 30.6 Å². The van der Waals surface area contributed by atoms with E-state index in [2.05, 4.69) is 12.2 Å². The Labute approximate surface area is 289 Å². The number of allylic oxidation sites excluding steroid dienone is 1. The summed E-state index contributed by atoms with van der Waals surface area (Å²) >= 11 is 0. The molecule has 11 heteroatoms. The molecule has 0 aliphatic heterocycles. The Kier molecular flexibility index (Phi) is 17.8. The third-order valence-corrected chi connectivity index (χ3v) is 8.57. The van der Waals surface area contributed by atoms with Crippen LogP contribution in [0.1, 0.15) is 96.0 Å². The van der Waals surface area contributed by atoms with E-state index in [9.17, 15) is 44.4 Å². The van der Waals surface area contributed by atoms with E-state index in [1.807, 2.05) is 42.3 Å². The second-order valence-corrected chi connectivity index (χ2v) is 12.5. The van der Waals surface area contributed by atoms with Crippen molar-refractivity contribution in [2.24, 2.45) is 5.92 Å². The average Bonchev–Trinajstić information content (AvgIpc) is 3.07. The molecule has 2 aromatic carbocycles. The monoisotopic (exact) mass is 680 g/mol. The Balaban J connectivity index is 2.03. The van der Waals surface area contributed by atoms with Crippen molar-refractivity contribution in [3.63, 3.8) is 0 Å². The maximum Gasteiger partial charge on any atom is 0.337 e. The Morgan fingerprint density at radius 3 is 1.92 bits per heavy atom. The van der Waals surface area contributed by atoms with Gasteiger partial charge in [-0.15, -0.1) is 0 Å². The molecular formula is C38H52N2O9. The Morgan fingerprint density at radius 2 is 1.37 bits per heavy atom. The van der Waals surface area contributed by atoms with Crippen LogP contribution >= 0.6 is 0 Å². The Hall–Kier alpha value is -4.51. The van der Waals surface area contributed by atoms with Gasteiger partial charge in [0.15, 0.2) is 5.60 Å². The topological polar surface area (TPSA) is 182 Å². The summed E-state index contributed by atoms with van der Waals surface area (Å²) in [6.45, 7) is 2.15. The number of Topliss-reactive ketones (excluding diaryl/α,β-unsaturated/α-hetero) is 1. The fourth-order valence-electron chi connectivity index (χ4n) is 5.59. The zero-order chi connectivity index (χ0) is 36.2. The zero-order valence-corrected chi connectivity index (χ0v) is 28.7. The number of ketones is 1. The zero-order valence-electron chi connectivity index (χ0n) is 28.7. The first-order chi connectivity index (χ1) is 23.4. The van der Waals surface area contributed by atoms with E-state index in [4.69, 9.17) is 0 Å². The first-order valence-corrected chi connectivity index (χ1v) is 17.2. The van der Waals surface area contributed by atoms with Crippen molar-refractivity contribution in [3.8, 4) is 0 Å². The lowest BCUT2D eigenvalue weighted by Crippen LogP contribution is -2.55. The second-order valence-electron chi connectivity index (χ2n) is 12.5. The normalized spacial score (nSPS) is 13.7. The number of carbonyl (C=O) groups is 5. The summed E-state index contributed by atoms with van der Waals surface area (Å²) in [4.78, 5) is 63.2. The maximum absolute atomic E-state index is 13.4. The average molecular weight is 681 g/mol. The van der Waals surface area contributed by atoms with Crippen molar-refractivity contribution >= 4 is 41.0 Å². The fraction of sp³-hybridized carbons (Fsp3) is 0.500. The van der Waals surface area contributed by atoms with Crippen LogP contribution in [0.2, 0.25) is 0 Å². The highest BCUT2D eigenvalue weighted by molar-refractivity contribution is 5.94. The molecule has 0 fully saturated rings. The molecule has 5 N–H and O–H groups in total. The van der Waals surface area contributed by atoms with Gasteiger partial charge in [0, 0.05) is 37.7 Å². The smallest absolute Gasteiger partial charge is 0.337 e. The lowest BCUT2D eigenvalue weighted by Gasteiger charge is -2.29. The first-order valence-electron chi connectivity index (χ1n) is 17.2. The number of para-hydroxylation sites is 1. The maximum atomic E-state index is 13.4. The van der Waals surface area contributed by atoms with E-state index in [1.54, 1.807) is 24.3 Å². The predicted molar refractivity (Wildman–Crippen MR) is 188 cm³/mol. The highest BCUT2D eigenvalue weighted by Gasteiger charge is 2.49. The van der Waals surface area contributed by atoms with E-state index >= 15 is 0 Å². The molecule has 0 radical (unpaired) electrons. The predicted octanol–water partition coefficient (Wildman–Crippen LogP) is 6.30. The van der Waals surface area contributed by atoms with Gasteiger partial charge in [0.2, 0.25) is 5.91 Å². The molecule has 0 saturated carbocycles. The summed E-state index contributed by atoms with van der Waals surface area (Å²) in [5, 5.41) is 42.3. The highest BCUT2D eigenvalue weighted by Crippen LogP contribution is 2.27. The summed E-state index contributed by atoms with van der Waals surface area (Å²) in [7, 11) is 1.89. The third kappa shape index (κ3) is 14.2. The summed E-state index contributed by atoms with van der Waals surface area (Å²) < 4.78 is 0. The van der Waals surface area contributed by atoms with Gasteiger partial charge in [-0.3, -0.25) is 14.4 Å². The number of carboxylic acid groups (broad SMARTS) is 3. The minimum Gasteiger partial charge on any atom is -0.481 e. The van der Waals surface area contributed by atoms with Crippen molar-refractivity contribution in [1.29, 1.82) is 0 Å². The van der Waals surface area contributed by atoms with Gasteiger partial charge in [-0.2, -0.15) is 0 Å². The number of hydrogen-bond acceptors (Lipinski definition) is 7. The summed E-state index contributed by atoms with van der Waals surface area (Å²) in [6.07, 6.45) is 11.3. The summed E-state index contributed by atoms with van der Waals surface area (Å²) in [5.74, 6) is -7.66. The standard InChI is InChI=1S/C38H52N2O9/c1-3-4-5-8-14-19-31(41)20-15-9-6-7-10-16-21-32(38(49,37(47)48)27-34(42)43)35(44)39-33(36(45)46)26-28-22-24-30(25-23-28)40(2)29-17-12-11-13-18-29/h11-13,16-18,21-25,32-33,49H,3-10,14-15,19-20,26-27H2,1-2H3,(H,39,44)(H,42,43)(H,45,46)(H,47,48)/b21-16+/t32-,33+,38+/m1/s1. The largest absolute Gasteiger partial charge is 0.481 e. The van der Waals surface area contributed by atoms with Crippen LogP contribution in [-0.4, -0.2) is 68.7 Å². The van der Waals surface area contributed by atoms with Gasteiger partial charge in [-0.25, -0.2) is 9.59 Å². The Morgan fingerprint density at radius 1 is 0.796 bits per heavy atom. The molecule has 0 saturated heterocycles. The minimum atomic E-state index is -3.02. The van der Waals surface area contributed by atoms with Gasteiger partial charge in [-0.05, 0) is 55.5 Å². The van der Waals surface area contributed by atoms with Crippen molar-refractivity contribution in [1.82, 2.24) is 5.32 Å². The van der Waals surface area contributed by atoms with E-state index in [1.165, 1.54) is 12.5 Å². The number of unbranched alkanes of at least 4 members (excludes halogenated alkanes) is 8. The van der Waals surface area contributed by atoms with Gasteiger partial charge in [0.25, 0.3) is 0 Å². The number of rotatable bonds is 25. The second kappa shape index (κ2) is 21.5. The van der Waals surface area contributed by atoms with Crippen LogP contribution in [-0.2, 0) is 30.4 Å². The van der Waals surface area contributed by atoms with Gasteiger partial charge in [-0.1, -0.05) is 87.9 Å². The molecule has 0 aliphatic rings. The molecule has 0 spiro atoms. The van der Waals surface area contributed by atoms with E-state index in [0.29, 0.717) is 31.2 Å². The molecule has 1 amide bonds. The first kappa shape index (κ1) is 40.7. The van der Waals surface area contributed by atoms with Crippen molar-refractivity contribution in [2.45, 2.75) is 108 Å². The fourth-order valence-corrected chi connectivity index (χ4v) is 5.59. The molecule has 0 aromatic heterocycles. The molecule has 0 aliphatic carbocycles. The number of carboxylic acids is 3. The summed E-state index contributed by atoms with van der Waals surface area (Å²) in [6, 6.07) is 15.2. The number of nitrogens with zero attached hydrogens (tertiary/aromatic N) is 1. The van der Waals surface area contributed by atoms with Crippen LogP contribution in [0.4, 0.5) is 11.4 Å². The minimum absolute atomic E-state index is 0.140. The number of aliphatic hydroxyl groups is 1. The number of anilines is 2. The van der Waals surface area contributed by atoms with E-state index < -0.39 is 47.8 Å². The molecule has 11 nitrogen and oxygen atoms in total. The number of benzene rings is 2. The van der Waals surface area contributed by atoms with E-state index in [0.717, 1.165) is 62.4 Å². The molecular weight excluding hydrogens is 628 g/mol. The SMILES string of the molecule is CCCCCCCC(=O)CCCCCC/C=C/[C@H](C(=O)N[C@@H](Cc1ccc(N(C)c2ccccc2)cc1)C(=O)O)[C@@](O)(CC(=O)O)C(=O)O. The van der Waals surface area contributed by atoms with Crippen molar-refractivity contribution < 1.29 is 44.4 Å². The lowest BCUT2D eigenvalue weighted by molar-refractivity contribution is -0.172.